The van der Waals surface area contributed by atoms with Crippen LogP contribution in [0.1, 0.15) is 22.4 Å². The molecule has 0 radical (unpaired) electrons. The molecule has 0 unspecified atom stereocenters. The minimum absolute atomic E-state index is 0.0168. The van der Waals surface area contributed by atoms with Crippen molar-refractivity contribution in [1.29, 1.82) is 5.26 Å². The summed E-state index contributed by atoms with van der Waals surface area (Å²) in [5.41, 5.74) is 5.15. The van der Waals surface area contributed by atoms with E-state index in [1.165, 1.54) is 30.5 Å². The fourth-order valence-electron chi connectivity index (χ4n) is 3.85. The van der Waals surface area contributed by atoms with E-state index >= 15 is 0 Å². The second kappa shape index (κ2) is 14.3. The Morgan fingerprint density at radius 1 is 0.804 bits per heavy atom. The lowest BCUT2D eigenvalue weighted by atomic mass is 10.0. The van der Waals surface area contributed by atoms with E-state index in [0.29, 0.717) is 16.8 Å². The van der Waals surface area contributed by atoms with E-state index in [4.69, 9.17) is 30.7 Å². The van der Waals surface area contributed by atoms with Crippen molar-refractivity contribution < 1.29 is 55.6 Å². The topological polar surface area (TPSA) is 169 Å². The summed E-state index contributed by atoms with van der Waals surface area (Å²) < 4.78 is 87.4. The normalized spacial score (nSPS) is 11.1. The zero-order valence-electron chi connectivity index (χ0n) is 23.5. The fraction of sp³-hybridized carbons (Fsp3) is 0.167. The number of aliphatic carboxylic acids is 2. The summed E-state index contributed by atoms with van der Waals surface area (Å²) in [5, 5.41) is 26.1. The predicted molar refractivity (Wildman–Crippen MR) is 149 cm³/mol. The molecule has 4 rings (SSSR count). The summed E-state index contributed by atoms with van der Waals surface area (Å²) >= 11 is 0. The van der Waals surface area contributed by atoms with Gasteiger partial charge in [-0.15, -0.1) is 0 Å². The summed E-state index contributed by atoms with van der Waals surface area (Å²) in [6, 6.07) is 13.3. The number of carboxylic acids is 2. The Hall–Kier alpha value is -5.85. The van der Waals surface area contributed by atoms with Crippen LogP contribution < -0.4 is 15.2 Å². The first-order valence-corrected chi connectivity index (χ1v) is 12.7. The van der Waals surface area contributed by atoms with Crippen LogP contribution in [0.15, 0.2) is 66.9 Å². The molecule has 10 nitrogen and oxygen atoms in total. The molecule has 0 atom stereocenters. The number of carboxylic acid groups (broad SMARTS) is 2. The van der Waals surface area contributed by atoms with E-state index in [-0.39, 0.29) is 34.1 Å². The Balaban J connectivity index is 0.000000250. The van der Waals surface area contributed by atoms with Crippen molar-refractivity contribution in [3.05, 3.63) is 89.2 Å². The lowest BCUT2D eigenvalue weighted by molar-refractivity contribution is -0.140. The Morgan fingerprint density at radius 3 is 1.72 bits per heavy atom. The van der Waals surface area contributed by atoms with Crippen LogP contribution in [0, 0.1) is 18.3 Å². The molecule has 16 heteroatoms. The summed E-state index contributed by atoms with van der Waals surface area (Å²) in [6.45, 7) is 0.191. The number of aromatic nitrogens is 2. The van der Waals surface area contributed by atoms with E-state index in [9.17, 15) is 35.9 Å². The average molecular weight is 649 g/mol. The molecule has 3 aromatic carbocycles. The van der Waals surface area contributed by atoms with Gasteiger partial charge in [0.15, 0.2) is 13.2 Å². The van der Waals surface area contributed by atoms with E-state index < -0.39 is 48.6 Å². The maximum Gasteiger partial charge on any atom is 0.416 e. The number of hydrogen-bond donors (Lipinski definition) is 3. The number of anilines is 1. The molecule has 0 amide bonds. The zero-order chi connectivity index (χ0) is 34.2. The van der Waals surface area contributed by atoms with E-state index in [1.807, 2.05) is 6.07 Å². The number of hydrogen-bond acceptors (Lipinski definition) is 8. The van der Waals surface area contributed by atoms with Crippen LogP contribution in [0.2, 0.25) is 0 Å². The zero-order valence-corrected chi connectivity index (χ0v) is 23.5. The number of nitrogens with two attached hydrogens (primary N) is 1. The number of alkyl halides is 6. The molecule has 1 heterocycles. The molecule has 4 N–H and O–H groups in total. The van der Waals surface area contributed by atoms with Crippen molar-refractivity contribution in [1.82, 2.24) is 9.97 Å². The SMILES string of the molecule is Cc1nc(N)ncc1-c1cc(C(F)(F)F)ccc1OCC(=O)O.N#Cc1ccc(-c2cc(C(F)(F)F)ccc2OCC(=O)O)cc1. The fourth-order valence-corrected chi connectivity index (χ4v) is 3.85. The van der Waals surface area contributed by atoms with Crippen molar-refractivity contribution in [2.45, 2.75) is 19.3 Å². The highest BCUT2D eigenvalue weighted by molar-refractivity contribution is 5.75. The molecule has 0 saturated carbocycles. The highest BCUT2D eigenvalue weighted by Crippen LogP contribution is 2.39. The molecular formula is C30H22F6N4O6. The molecule has 0 aliphatic rings. The standard InChI is InChI=1S/C16H10F3NO3.C14H12F3N3O3/c17-16(18,19)12-5-6-14(23-9-15(21)22)13(7-12)11-3-1-10(8-20)2-4-11;1-7-10(5-19-13(18)20-7)9-4-8(14(15,16)17)2-3-11(9)23-6-12(21)22/h1-7H,9H2,(H,21,22);2-5H,6H2,1H3,(H,21,22)(H2,18,19,20). The smallest absolute Gasteiger partial charge is 0.416 e. The third-order valence-electron chi connectivity index (χ3n) is 5.93. The van der Waals surface area contributed by atoms with Crippen LogP contribution >= 0.6 is 0 Å². The van der Waals surface area contributed by atoms with Crippen molar-refractivity contribution >= 4 is 17.9 Å². The monoisotopic (exact) mass is 648 g/mol. The highest BCUT2D eigenvalue weighted by atomic mass is 19.4. The molecule has 240 valence electrons. The van der Waals surface area contributed by atoms with Gasteiger partial charge in [-0.3, -0.25) is 0 Å². The number of aryl methyl sites for hydroxylation is 1. The number of nitrogens with zero attached hydrogens (tertiary/aromatic N) is 3. The number of halogens is 6. The lowest BCUT2D eigenvalue weighted by Gasteiger charge is -2.15. The van der Waals surface area contributed by atoms with Crippen LogP contribution in [-0.4, -0.2) is 45.3 Å². The van der Waals surface area contributed by atoms with Gasteiger partial charge in [0, 0.05) is 22.9 Å². The van der Waals surface area contributed by atoms with E-state index in [0.717, 1.165) is 36.4 Å². The largest absolute Gasteiger partial charge is 0.481 e. The first-order valence-electron chi connectivity index (χ1n) is 12.7. The third kappa shape index (κ3) is 9.32. The summed E-state index contributed by atoms with van der Waals surface area (Å²) in [7, 11) is 0. The van der Waals surface area contributed by atoms with Gasteiger partial charge in [0.05, 0.1) is 28.5 Å². The van der Waals surface area contributed by atoms with Crippen molar-refractivity contribution in [3.8, 4) is 39.8 Å². The maximum atomic E-state index is 12.9. The molecule has 0 aliphatic carbocycles. The van der Waals surface area contributed by atoms with Gasteiger partial charge >= 0.3 is 24.3 Å². The van der Waals surface area contributed by atoms with Gasteiger partial charge in [0.1, 0.15) is 11.5 Å². The van der Waals surface area contributed by atoms with Gasteiger partial charge in [-0.05, 0) is 61.0 Å². The molecule has 0 fully saturated rings. The van der Waals surface area contributed by atoms with Gasteiger partial charge in [0.25, 0.3) is 0 Å². The molecule has 0 saturated heterocycles. The number of carbonyl (C=O) groups is 2. The van der Waals surface area contributed by atoms with Crippen LogP contribution in [0.25, 0.3) is 22.3 Å². The van der Waals surface area contributed by atoms with Gasteiger partial charge in [-0.2, -0.15) is 31.6 Å². The Kier molecular flexibility index (Phi) is 10.8. The van der Waals surface area contributed by atoms with Crippen LogP contribution in [-0.2, 0) is 21.9 Å². The van der Waals surface area contributed by atoms with Gasteiger partial charge in [0.2, 0.25) is 5.95 Å². The minimum Gasteiger partial charge on any atom is -0.481 e. The number of nitrogen functional groups attached to an aromatic ring is 1. The Labute approximate surface area is 256 Å². The summed E-state index contributed by atoms with van der Waals surface area (Å²) in [6.07, 6.45) is -7.82. The van der Waals surface area contributed by atoms with E-state index in [2.05, 4.69) is 9.97 Å². The number of nitriles is 1. The van der Waals surface area contributed by atoms with Gasteiger partial charge in [-0.1, -0.05) is 12.1 Å². The first-order chi connectivity index (χ1) is 21.5. The minimum atomic E-state index is -4.55. The van der Waals surface area contributed by atoms with Crippen LogP contribution in [0.5, 0.6) is 11.5 Å². The Bertz CT molecular complexity index is 1770. The number of rotatable bonds is 8. The van der Waals surface area contributed by atoms with Crippen LogP contribution in [0.4, 0.5) is 32.3 Å². The number of ether oxygens (including phenoxy) is 2. The van der Waals surface area contributed by atoms with Crippen molar-refractivity contribution in [2.75, 3.05) is 18.9 Å². The summed E-state index contributed by atoms with van der Waals surface area (Å²) in [4.78, 5) is 28.9. The third-order valence-corrected chi connectivity index (χ3v) is 5.93. The first kappa shape index (κ1) is 34.6. The predicted octanol–water partition coefficient (Wildman–Crippen LogP) is 6.22. The Morgan fingerprint density at radius 2 is 1.28 bits per heavy atom. The second-order valence-electron chi connectivity index (χ2n) is 9.20. The quantitative estimate of drug-likeness (QED) is 0.186. The average Bonchev–Trinajstić information content (AvgIpc) is 2.98. The summed E-state index contributed by atoms with van der Waals surface area (Å²) in [5.74, 6) is -2.51. The van der Waals surface area contributed by atoms with E-state index in [1.54, 1.807) is 6.92 Å². The molecule has 0 aliphatic heterocycles. The van der Waals surface area contributed by atoms with Gasteiger partial charge in [-0.25, -0.2) is 19.6 Å². The number of benzene rings is 3. The highest BCUT2D eigenvalue weighted by Gasteiger charge is 2.32. The van der Waals surface area contributed by atoms with Crippen molar-refractivity contribution in [3.63, 3.8) is 0 Å². The molecule has 1 aromatic heterocycles. The molecule has 0 spiro atoms. The second-order valence-corrected chi connectivity index (χ2v) is 9.20. The molecular weight excluding hydrogens is 626 g/mol. The van der Waals surface area contributed by atoms with Gasteiger partial charge < -0.3 is 25.4 Å². The lowest BCUT2D eigenvalue weighted by Crippen LogP contribution is -2.11. The van der Waals surface area contributed by atoms with Crippen molar-refractivity contribution in [2.24, 2.45) is 0 Å². The molecule has 0 bridgehead atoms. The maximum absolute atomic E-state index is 12.9. The molecule has 46 heavy (non-hydrogen) atoms. The molecule has 4 aromatic rings. The van der Waals surface area contributed by atoms with Crippen LogP contribution in [0.3, 0.4) is 0 Å².